The fourth-order valence-electron chi connectivity index (χ4n) is 1.91. The zero-order valence-electron chi connectivity index (χ0n) is 11.6. The highest BCUT2D eigenvalue weighted by atomic mass is 32.1. The second kappa shape index (κ2) is 5.57. The predicted octanol–water partition coefficient (Wildman–Crippen LogP) is 3.21. The minimum atomic E-state index is -0.370. The van der Waals surface area contributed by atoms with Crippen LogP contribution in [-0.4, -0.2) is 24.1 Å². The van der Waals surface area contributed by atoms with Gasteiger partial charge in [-0.2, -0.15) is 0 Å². The van der Waals surface area contributed by atoms with Gasteiger partial charge in [0.2, 0.25) is 0 Å². The van der Waals surface area contributed by atoms with E-state index in [9.17, 15) is 4.79 Å². The Morgan fingerprint density at radius 3 is 2.74 bits per heavy atom. The SMILES string of the molecule is COC(=O)C(Nc1nc2c(C)cccc2s1)C(C)C. The molecule has 0 fully saturated rings. The van der Waals surface area contributed by atoms with E-state index in [0.29, 0.717) is 0 Å². The Morgan fingerprint density at radius 1 is 1.42 bits per heavy atom. The van der Waals surface area contributed by atoms with Crippen molar-refractivity contribution in [2.45, 2.75) is 26.8 Å². The Bertz CT molecular complexity index is 592. The molecule has 0 aliphatic carbocycles. The summed E-state index contributed by atoms with van der Waals surface area (Å²) < 4.78 is 5.94. The first-order valence-corrected chi connectivity index (χ1v) is 7.05. The summed E-state index contributed by atoms with van der Waals surface area (Å²) in [5, 5.41) is 3.94. The van der Waals surface area contributed by atoms with Crippen molar-refractivity contribution in [1.29, 1.82) is 0 Å². The number of nitrogens with one attached hydrogen (secondary N) is 1. The molecule has 0 spiro atoms. The van der Waals surface area contributed by atoms with Gasteiger partial charge in [0.25, 0.3) is 0 Å². The van der Waals surface area contributed by atoms with Crippen LogP contribution in [0.2, 0.25) is 0 Å². The monoisotopic (exact) mass is 278 g/mol. The van der Waals surface area contributed by atoms with Gasteiger partial charge in [0, 0.05) is 0 Å². The third-order valence-electron chi connectivity index (χ3n) is 3.02. The van der Waals surface area contributed by atoms with Gasteiger partial charge in [0.05, 0.1) is 17.3 Å². The average Bonchev–Trinajstić information content (AvgIpc) is 2.79. The number of aryl methyl sites for hydroxylation is 1. The molecular formula is C14H18N2O2S. The fourth-order valence-corrected chi connectivity index (χ4v) is 2.89. The number of hydrogen-bond donors (Lipinski definition) is 1. The number of thiazole rings is 1. The molecule has 1 aromatic carbocycles. The molecule has 19 heavy (non-hydrogen) atoms. The summed E-state index contributed by atoms with van der Waals surface area (Å²) in [6.07, 6.45) is 0. The molecule has 1 unspecified atom stereocenters. The topological polar surface area (TPSA) is 51.2 Å². The van der Waals surface area contributed by atoms with Crippen molar-refractivity contribution in [3.63, 3.8) is 0 Å². The molecule has 0 aliphatic rings. The van der Waals surface area contributed by atoms with Crippen molar-refractivity contribution < 1.29 is 9.53 Å². The van der Waals surface area contributed by atoms with Crippen molar-refractivity contribution in [1.82, 2.24) is 4.98 Å². The molecule has 0 saturated carbocycles. The van der Waals surface area contributed by atoms with E-state index in [-0.39, 0.29) is 17.9 Å². The van der Waals surface area contributed by atoms with E-state index in [2.05, 4.69) is 10.3 Å². The highest BCUT2D eigenvalue weighted by Crippen LogP contribution is 2.29. The smallest absolute Gasteiger partial charge is 0.328 e. The predicted molar refractivity (Wildman–Crippen MR) is 78.6 cm³/mol. The highest BCUT2D eigenvalue weighted by molar-refractivity contribution is 7.22. The Hall–Kier alpha value is -1.62. The summed E-state index contributed by atoms with van der Waals surface area (Å²) in [6.45, 7) is 5.99. The van der Waals surface area contributed by atoms with Gasteiger partial charge in [0.1, 0.15) is 6.04 Å². The molecule has 0 radical (unpaired) electrons. The van der Waals surface area contributed by atoms with E-state index in [1.165, 1.54) is 7.11 Å². The minimum absolute atomic E-state index is 0.139. The van der Waals surface area contributed by atoms with E-state index in [4.69, 9.17) is 4.74 Å². The second-order valence-electron chi connectivity index (χ2n) is 4.83. The van der Waals surface area contributed by atoms with Crippen molar-refractivity contribution in [2.75, 3.05) is 12.4 Å². The van der Waals surface area contributed by atoms with Gasteiger partial charge in [-0.15, -0.1) is 0 Å². The maximum absolute atomic E-state index is 11.7. The molecule has 0 aliphatic heterocycles. The lowest BCUT2D eigenvalue weighted by Gasteiger charge is -2.18. The van der Waals surface area contributed by atoms with Gasteiger partial charge in [0.15, 0.2) is 5.13 Å². The van der Waals surface area contributed by atoms with Gasteiger partial charge >= 0.3 is 5.97 Å². The molecule has 2 aromatic rings. The number of fused-ring (bicyclic) bond motifs is 1. The van der Waals surface area contributed by atoms with Crippen LogP contribution in [0.25, 0.3) is 10.2 Å². The lowest BCUT2D eigenvalue weighted by Crippen LogP contribution is -2.35. The Kier molecular flexibility index (Phi) is 4.04. The lowest BCUT2D eigenvalue weighted by atomic mass is 10.1. The van der Waals surface area contributed by atoms with Crippen LogP contribution in [0.15, 0.2) is 18.2 Å². The van der Waals surface area contributed by atoms with Crippen LogP contribution in [0.1, 0.15) is 19.4 Å². The van der Waals surface area contributed by atoms with E-state index in [1.54, 1.807) is 11.3 Å². The average molecular weight is 278 g/mol. The summed E-state index contributed by atoms with van der Waals surface area (Å²) in [5.74, 6) is -0.119. The van der Waals surface area contributed by atoms with Crippen LogP contribution in [0.5, 0.6) is 0 Å². The normalized spacial score (nSPS) is 12.7. The summed E-state index contributed by atoms with van der Waals surface area (Å²) in [4.78, 5) is 16.3. The van der Waals surface area contributed by atoms with E-state index < -0.39 is 0 Å². The number of benzene rings is 1. The zero-order chi connectivity index (χ0) is 14.0. The number of rotatable bonds is 4. The fraction of sp³-hybridized carbons (Fsp3) is 0.429. The number of methoxy groups -OCH3 is 1. The first-order valence-electron chi connectivity index (χ1n) is 6.23. The number of hydrogen-bond acceptors (Lipinski definition) is 5. The molecule has 0 amide bonds. The highest BCUT2D eigenvalue weighted by Gasteiger charge is 2.24. The molecule has 102 valence electrons. The van der Waals surface area contributed by atoms with Gasteiger partial charge in [-0.05, 0) is 24.5 Å². The van der Waals surface area contributed by atoms with Crippen molar-refractivity contribution >= 4 is 32.7 Å². The van der Waals surface area contributed by atoms with Crippen molar-refractivity contribution in [2.24, 2.45) is 5.92 Å². The molecule has 1 N–H and O–H groups in total. The first-order chi connectivity index (χ1) is 9.02. The summed E-state index contributed by atoms with van der Waals surface area (Å²) >= 11 is 1.56. The largest absolute Gasteiger partial charge is 0.467 e. The first kappa shape index (κ1) is 13.8. The molecule has 1 atom stereocenters. The number of carbonyl (C=O) groups is 1. The maximum Gasteiger partial charge on any atom is 0.328 e. The minimum Gasteiger partial charge on any atom is -0.467 e. The molecule has 1 aromatic heterocycles. The molecule has 1 heterocycles. The number of carbonyl (C=O) groups excluding carboxylic acids is 1. The Morgan fingerprint density at radius 2 is 2.16 bits per heavy atom. The number of ether oxygens (including phenoxy) is 1. The van der Waals surface area contributed by atoms with Crippen molar-refractivity contribution in [3.8, 4) is 0 Å². The van der Waals surface area contributed by atoms with E-state index in [1.807, 2.05) is 39.0 Å². The van der Waals surface area contributed by atoms with Crippen LogP contribution >= 0.6 is 11.3 Å². The summed E-state index contributed by atoms with van der Waals surface area (Å²) in [7, 11) is 1.40. The third-order valence-corrected chi connectivity index (χ3v) is 3.97. The van der Waals surface area contributed by atoms with Crippen LogP contribution in [0.4, 0.5) is 5.13 Å². The molecule has 4 nitrogen and oxygen atoms in total. The number of esters is 1. The molecule has 5 heteroatoms. The second-order valence-corrected chi connectivity index (χ2v) is 5.86. The van der Waals surface area contributed by atoms with Crippen LogP contribution < -0.4 is 5.32 Å². The van der Waals surface area contributed by atoms with Gasteiger partial charge in [-0.3, -0.25) is 0 Å². The van der Waals surface area contributed by atoms with Gasteiger partial charge < -0.3 is 10.1 Å². The van der Waals surface area contributed by atoms with E-state index in [0.717, 1.165) is 20.9 Å². The number of aromatic nitrogens is 1. The standard InChI is InChI=1S/C14H18N2O2S/c1-8(2)11(13(17)18-4)15-14-16-12-9(3)6-5-7-10(12)19-14/h5-8,11H,1-4H3,(H,15,16). The summed E-state index contributed by atoms with van der Waals surface area (Å²) in [6, 6.07) is 5.71. The molecular weight excluding hydrogens is 260 g/mol. The lowest BCUT2D eigenvalue weighted by molar-refractivity contribution is -0.142. The molecule has 0 bridgehead atoms. The summed E-state index contributed by atoms with van der Waals surface area (Å²) in [5.41, 5.74) is 2.13. The van der Waals surface area contributed by atoms with Gasteiger partial charge in [-0.1, -0.05) is 37.3 Å². The number of para-hydroxylation sites is 1. The Labute approximate surface area is 116 Å². The number of anilines is 1. The van der Waals surface area contributed by atoms with Crippen LogP contribution in [0, 0.1) is 12.8 Å². The van der Waals surface area contributed by atoms with E-state index >= 15 is 0 Å². The number of nitrogens with zero attached hydrogens (tertiary/aromatic N) is 1. The van der Waals surface area contributed by atoms with Gasteiger partial charge in [-0.25, -0.2) is 9.78 Å². The molecule has 2 rings (SSSR count). The van der Waals surface area contributed by atoms with Crippen LogP contribution in [0.3, 0.4) is 0 Å². The maximum atomic E-state index is 11.7. The van der Waals surface area contributed by atoms with Crippen LogP contribution in [-0.2, 0) is 9.53 Å². The quantitative estimate of drug-likeness (QED) is 0.872. The van der Waals surface area contributed by atoms with Crippen molar-refractivity contribution in [3.05, 3.63) is 23.8 Å². The molecule has 0 saturated heterocycles. The third kappa shape index (κ3) is 2.87. The Balaban J connectivity index is 2.29. The zero-order valence-corrected chi connectivity index (χ0v) is 12.4.